The van der Waals surface area contributed by atoms with E-state index < -0.39 is 16.1 Å². The molecular weight excluding hydrogens is 358 g/mol. The lowest BCUT2D eigenvalue weighted by Crippen LogP contribution is -2.51. The molecule has 0 spiro atoms. The molecule has 3 rings (SSSR count). The predicted octanol–water partition coefficient (Wildman–Crippen LogP) is 1.18. The lowest BCUT2D eigenvalue weighted by Gasteiger charge is -2.25. The Balaban J connectivity index is 0.00000192. The topological polar surface area (TPSA) is 92.5 Å². The number of nitrogens with zero attached hydrogens (tertiary/aromatic N) is 1. The summed E-state index contributed by atoms with van der Waals surface area (Å²) in [5.74, 6) is 0.248. The Hall–Kier alpha value is -0.670. The second-order valence-electron chi connectivity index (χ2n) is 5.89. The molecule has 6 nitrogen and oxygen atoms in total. The van der Waals surface area contributed by atoms with Gasteiger partial charge in [0.1, 0.15) is 10.3 Å². The summed E-state index contributed by atoms with van der Waals surface area (Å²) in [6.07, 6.45) is 3.45. The van der Waals surface area contributed by atoms with Crippen molar-refractivity contribution in [3.63, 3.8) is 0 Å². The van der Waals surface area contributed by atoms with Crippen molar-refractivity contribution < 1.29 is 13.2 Å². The molecule has 2 heterocycles. The van der Waals surface area contributed by atoms with Crippen molar-refractivity contribution >= 4 is 39.7 Å². The first-order valence-electron chi connectivity index (χ1n) is 7.60. The molecule has 1 aliphatic carbocycles. The van der Waals surface area contributed by atoms with Gasteiger partial charge in [-0.05, 0) is 43.0 Å². The molecule has 2 aliphatic rings. The Bertz CT molecular complexity index is 632. The maximum Gasteiger partial charge on any atom is 0.253 e. The van der Waals surface area contributed by atoms with Crippen LogP contribution in [-0.4, -0.2) is 43.8 Å². The minimum atomic E-state index is -3.58. The monoisotopic (exact) mass is 379 g/mol. The molecular formula is C14H22ClN3O3S2. The van der Waals surface area contributed by atoms with E-state index in [2.05, 4.69) is 5.32 Å². The van der Waals surface area contributed by atoms with Crippen LogP contribution in [0.3, 0.4) is 0 Å². The molecule has 1 saturated heterocycles. The number of hydrogen-bond acceptors (Lipinski definition) is 5. The van der Waals surface area contributed by atoms with Crippen LogP contribution in [0.5, 0.6) is 0 Å². The Morgan fingerprint density at radius 1 is 1.43 bits per heavy atom. The van der Waals surface area contributed by atoms with E-state index in [9.17, 15) is 13.2 Å². The number of amides is 1. The number of carbonyl (C=O) groups is 1. The molecule has 0 bridgehead atoms. The van der Waals surface area contributed by atoms with Crippen molar-refractivity contribution in [1.82, 2.24) is 9.62 Å². The van der Waals surface area contributed by atoms with Gasteiger partial charge >= 0.3 is 0 Å². The van der Waals surface area contributed by atoms with E-state index >= 15 is 0 Å². The van der Waals surface area contributed by atoms with Crippen LogP contribution in [0.1, 0.15) is 25.7 Å². The van der Waals surface area contributed by atoms with E-state index in [-0.39, 0.29) is 24.4 Å². The van der Waals surface area contributed by atoms with Crippen molar-refractivity contribution in [1.29, 1.82) is 0 Å². The molecule has 9 heteroatoms. The second-order valence-corrected chi connectivity index (χ2v) is 8.96. The number of hydrogen-bond donors (Lipinski definition) is 2. The zero-order chi connectivity index (χ0) is 15.7. The molecule has 130 valence electrons. The van der Waals surface area contributed by atoms with E-state index in [1.54, 1.807) is 17.5 Å². The van der Waals surface area contributed by atoms with Crippen molar-refractivity contribution in [2.24, 2.45) is 11.7 Å². The average molecular weight is 380 g/mol. The van der Waals surface area contributed by atoms with Gasteiger partial charge in [-0.2, -0.15) is 4.31 Å². The number of carbonyl (C=O) groups excluding carboxylic acids is 1. The Labute approximate surface area is 146 Å². The molecule has 1 amide bonds. The molecule has 0 aromatic carbocycles. The van der Waals surface area contributed by atoms with Gasteiger partial charge in [-0.15, -0.1) is 23.7 Å². The zero-order valence-electron chi connectivity index (χ0n) is 12.7. The summed E-state index contributed by atoms with van der Waals surface area (Å²) < 4.78 is 26.9. The highest BCUT2D eigenvalue weighted by Gasteiger charge is 2.41. The van der Waals surface area contributed by atoms with Gasteiger partial charge in [0.2, 0.25) is 5.91 Å². The number of halogens is 1. The van der Waals surface area contributed by atoms with Crippen molar-refractivity contribution in [2.75, 3.05) is 13.1 Å². The van der Waals surface area contributed by atoms with Gasteiger partial charge < -0.3 is 11.1 Å². The summed E-state index contributed by atoms with van der Waals surface area (Å²) >= 11 is 1.18. The summed E-state index contributed by atoms with van der Waals surface area (Å²) in [7, 11) is -3.58. The maximum atomic E-state index is 12.6. The summed E-state index contributed by atoms with van der Waals surface area (Å²) in [6.45, 7) is 0.801. The van der Waals surface area contributed by atoms with E-state index in [4.69, 9.17) is 5.73 Å². The summed E-state index contributed by atoms with van der Waals surface area (Å²) in [6, 6.07) is 2.65. The Morgan fingerprint density at radius 3 is 2.74 bits per heavy atom. The minimum absolute atomic E-state index is 0. The van der Waals surface area contributed by atoms with Crippen LogP contribution in [0, 0.1) is 5.92 Å². The highest BCUT2D eigenvalue weighted by atomic mass is 35.5. The van der Waals surface area contributed by atoms with Gasteiger partial charge in [0.05, 0.1) is 0 Å². The Morgan fingerprint density at radius 2 is 2.17 bits per heavy atom. The molecule has 2 unspecified atom stereocenters. The summed E-state index contributed by atoms with van der Waals surface area (Å²) in [5, 5.41) is 4.68. The number of nitrogens with two attached hydrogens (primary N) is 1. The molecule has 1 saturated carbocycles. The third kappa shape index (κ3) is 3.88. The van der Waals surface area contributed by atoms with E-state index in [0.29, 0.717) is 36.1 Å². The van der Waals surface area contributed by atoms with Crippen molar-refractivity contribution in [2.45, 2.75) is 42.0 Å². The standard InChI is InChI=1S/C14H21N3O3S2.ClH/c15-9-11(10-5-6-10)16-14(18)12-3-1-7-17(12)22(19,20)13-4-2-8-21-13;/h2,4,8,10-12H,1,3,5-7,9,15H2,(H,16,18);1H. The third-order valence-corrected chi connectivity index (χ3v) is 7.62. The molecule has 0 radical (unpaired) electrons. The predicted molar refractivity (Wildman–Crippen MR) is 92.2 cm³/mol. The van der Waals surface area contributed by atoms with Gasteiger partial charge in [0, 0.05) is 19.1 Å². The molecule has 1 aromatic heterocycles. The average Bonchev–Trinajstić information content (AvgIpc) is 3.01. The van der Waals surface area contributed by atoms with Crippen LogP contribution in [0.15, 0.2) is 21.7 Å². The number of nitrogens with one attached hydrogen (secondary N) is 1. The first-order chi connectivity index (χ1) is 10.5. The fourth-order valence-electron chi connectivity index (χ4n) is 2.96. The molecule has 1 aromatic rings. The van der Waals surface area contributed by atoms with Crippen LogP contribution >= 0.6 is 23.7 Å². The minimum Gasteiger partial charge on any atom is -0.350 e. The van der Waals surface area contributed by atoms with Gasteiger partial charge in [-0.1, -0.05) is 6.07 Å². The van der Waals surface area contributed by atoms with Gasteiger partial charge in [0.25, 0.3) is 10.0 Å². The lowest BCUT2D eigenvalue weighted by molar-refractivity contribution is -0.125. The van der Waals surface area contributed by atoms with E-state index in [0.717, 1.165) is 12.8 Å². The quantitative estimate of drug-likeness (QED) is 0.776. The molecule has 2 fully saturated rings. The normalized spacial score (nSPS) is 23.3. The van der Waals surface area contributed by atoms with E-state index in [1.165, 1.54) is 15.6 Å². The number of thiophene rings is 1. The second kappa shape index (κ2) is 7.48. The highest BCUT2D eigenvalue weighted by Crippen LogP contribution is 2.33. The van der Waals surface area contributed by atoms with Crippen LogP contribution in [-0.2, 0) is 14.8 Å². The van der Waals surface area contributed by atoms with Gasteiger partial charge in [0.15, 0.2) is 0 Å². The molecule has 1 aliphatic heterocycles. The van der Waals surface area contributed by atoms with Crippen LogP contribution in [0.25, 0.3) is 0 Å². The fraction of sp³-hybridized carbons (Fsp3) is 0.643. The molecule has 23 heavy (non-hydrogen) atoms. The summed E-state index contributed by atoms with van der Waals surface area (Å²) in [4.78, 5) is 12.5. The van der Waals surface area contributed by atoms with Crippen molar-refractivity contribution in [3.8, 4) is 0 Å². The van der Waals surface area contributed by atoms with Gasteiger partial charge in [-0.3, -0.25) is 4.79 Å². The number of sulfonamides is 1. The van der Waals surface area contributed by atoms with Crippen molar-refractivity contribution in [3.05, 3.63) is 17.5 Å². The fourth-order valence-corrected chi connectivity index (χ4v) is 5.74. The van der Waals surface area contributed by atoms with E-state index in [1.807, 2.05) is 0 Å². The smallest absolute Gasteiger partial charge is 0.253 e. The van der Waals surface area contributed by atoms with Gasteiger partial charge in [-0.25, -0.2) is 8.42 Å². The van der Waals surface area contributed by atoms with Crippen LogP contribution in [0.2, 0.25) is 0 Å². The maximum absolute atomic E-state index is 12.6. The SMILES string of the molecule is Cl.NCC(NC(=O)C1CCCN1S(=O)(=O)c1cccs1)C1CC1. The largest absolute Gasteiger partial charge is 0.350 e. The highest BCUT2D eigenvalue weighted by molar-refractivity contribution is 7.91. The number of rotatable bonds is 6. The summed E-state index contributed by atoms with van der Waals surface area (Å²) in [5.41, 5.74) is 5.71. The molecule has 3 N–H and O–H groups in total. The molecule has 2 atom stereocenters. The lowest BCUT2D eigenvalue weighted by atomic mass is 10.1. The first kappa shape index (κ1) is 18.7. The van der Waals surface area contributed by atoms with Crippen LogP contribution in [0.4, 0.5) is 0 Å². The zero-order valence-corrected chi connectivity index (χ0v) is 15.1. The first-order valence-corrected chi connectivity index (χ1v) is 9.92. The third-order valence-electron chi connectivity index (χ3n) is 4.34. The Kier molecular flexibility index (Phi) is 6.07. The van der Waals surface area contributed by atoms with Crippen LogP contribution < -0.4 is 11.1 Å².